The molecule has 0 N–H and O–H groups in total. The molecule has 2 heteroatoms. The number of unbranched alkanes of at least 4 members (excludes halogenated alkanes) is 2. The van der Waals surface area contributed by atoms with E-state index in [4.69, 9.17) is 0 Å². The minimum absolute atomic E-state index is 0. The zero-order valence-corrected chi connectivity index (χ0v) is 8.81. The Morgan fingerprint density at radius 3 is 2.18 bits per heavy atom. The zero-order chi connectivity index (χ0) is 8.04. The van der Waals surface area contributed by atoms with Gasteiger partial charge in [-0.05, 0) is 20.8 Å². The summed E-state index contributed by atoms with van der Waals surface area (Å²) in [5.41, 5.74) is 0.0632. The van der Waals surface area contributed by atoms with Gasteiger partial charge in [-0.2, -0.15) is 6.42 Å². The largest absolute Gasteiger partial charge is 1.00 e. The molecule has 0 aliphatic carbocycles. The van der Waals surface area contributed by atoms with Gasteiger partial charge in [0.25, 0.3) is 0 Å². The van der Waals surface area contributed by atoms with Gasteiger partial charge in [0.1, 0.15) is 0 Å². The van der Waals surface area contributed by atoms with Crippen molar-refractivity contribution in [1.82, 2.24) is 0 Å². The van der Waals surface area contributed by atoms with Crippen molar-refractivity contribution < 1.29 is 17.1 Å². The Morgan fingerprint density at radius 1 is 1.27 bits per heavy atom. The second kappa shape index (κ2) is 6.87. The summed E-state index contributed by atoms with van der Waals surface area (Å²) in [6, 6.07) is 0. The van der Waals surface area contributed by atoms with Crippen LogP contribution in [0.5, 0.6) is 0 Å². The topological polar surface area (TPSA) is 12.4 Å². The molecule has 0 saturated carbocycles. The van der Waals surface area contributed by atoms with E-state index in [0.29, 0.717) is 0 Å². The fraction of sp³-hybridized carbons (Fsp3) is 0.889. The van der Waals surface area contributed by atoms with E-state index >= 15 is 0 Å². The summed E-state index contributed by atoms with van der Waals surface area (Å²) in [7, 11) is 0. The summed E-state index contributed by atoms with van der Waals surface area (Å²) in [5, 5.41) is 0. The second-order valence-electron chi connectivity index (χ2n) is 3.54. The van der Waals surface area contributed by atoms with E-state index in [-0.39, 0.29) is 22.6 Å². The SMILES string of the molecule is CCCC[C-]=NC(C)(C)C.[Cu+]. The van der Waals surface area contributed by atoms with Crippen LogP contribution in [0, 0.1) is 0 Å². The summed E-state index contributed by atoms with van der Waals surface area (Å²) < 4.78 is 0. The first kappa shape index (κ1) is 13.8. The van der Waals surface area contributed by atoms with E-state index in [1.807, 2.05) is 0 Å². The molecule has 0 aromatic rings. The van der Waals surface area contributed by atoms with Gasteiger partial charge in [0.05, 0.1) is 0 Å². The predicted octanol–water partition coefficient (Wildman–Crippen LogP) is 2.92. The Labute approximate surface area is 81.1 Å². The molecule has 0 saturated heterocycles. The molecular formula is C9H18CuN. The van der Waals surface area contributed by atoms with Crippen LogP contribution in [0.2, 0.25) is 0 Å². The first-order chi connectivity index (χ1) is 4.56. The smallest absolute Gasteiger partial charge is 0.498 e. The maximum absolute atomic E-state index is 4.24. The molecule has 1 nitrogen and oxygen atoms in total. The van der Waals surface area contributed by atoms with Crippen LogP contribution in [0.15, 0.2) is 4.99 Å². The van der Waals surface area contributed by atoms with Gasteiger partial charge in [-0.1, -0.05) is 19.8 Å². The predicted molar refractivity (Wildman–Crippen MR) is 46.7 cm³/mol. The Kier molecular flexibility index (Phi) is 8.60. The molecule has 11 heavy (non-hydrogen) atoms. The molecule has 0 aliphatic heterocycles. The molecule has 0 spiro atoms. The Hall–Kier alpha value is 0.189. The first-order valence-electron chi connectivity index (χ1n) is 4.01. The van der Waals surface area contributed by atoms with Crippen LogP contribution < -0.4 is 0 Å². The van der Waals surface area contributed by atoms with Crippen molar-refractivity contribution in [2.75, 3.05) is 0 Å². The third kappa shape index (κ3) is 13.2. The normalized spacial score (nSPS) is 11.6. The van der Waals surface area contributed by atoms with E-state index in [1.165, 1.54) is 12.8 Å². The molecule has 0 aliphatic rings. The average molecular weight is 204 g/mol. The van der Waals surface area contributed by atoms with Crippen LogP contribution in [0.1, 0.15) is 47.0 Å². The van der Waals surface area contributed by atoms with Crippen LogP contribution >= 0.6 is 0 Å². The number of rotatable bonds is 3. The second-order valence-corrected chi connectivity index (χ2v) is 3.54. The van der Waals surface area contributed by atoms with Crippen molar-refractivity contribution in [3.05, 3.63) is 0 Å². The number of hydrogen-bond acceptors (Lipinski definition) is 1. The quantitative estimate of drug-likeness (QED) is 0.290. The minimum atomic E-state index is 0. The third-order valence-electron chi connectivity index (χ3n) is 1.06. The summed E-state index contributed by atoms with van der Waals surface area (Å²) in [4.78, 5) is 4.24. The standard InChI is InChI=1S/C9H18N.Cu/c1-5-6-7-8-10-9(2,3)4;/h5-7H2,1-4H3;/q-1;+1. The van der Waals surface area contributed by atoms with Crippen LogP contribution in [-0.2, 0) is 17.1 Å². The molecule has 0 radical (unpaired) electrons. The van der Waals surface area contributed by atoms with Crippen LogP contribution in [0.25, 0.3) is 0 Å². The molecule has 0 unspecified atom stereocenters. The minimum Gasteiger partial charge on any atom is -0.498 e. The summed E-state index contributed by atoms with van der Waals surface area (Å²) >= 11 is 0. The van der Waals surface area contributed by atoms with Crippen molar-refractivity contribution in [3.63, 3.8) is 0 Å². The van der Waals surface area contributed by atoms with E-state index in [2.05, 4.69) is 38.9 Å². The Morgan fingerprint density at radius 2 is 1.82 bits per heavy atom. The Bertz CT molecular complexity index is 103. The van der Waals surface area contributed by atoms with Gasteiger partial charge in [-0.15, -0.1) is 0 Å². The van der Waals surface area contributed by atoms with Gasteiger partial charge < -0.3 is 11.2 Å². The average Bonchev–Trinajstić information content (AvgIpc) is 1.78. The van der Waals surface area contributed by atoms with Gasteiger partial charge in [-0.3, -0.25) is 0 Å². The van der Waals surface area contributed by atoms with Crippen LogP contribution in [0.3, 0.4) is 0 Å². The molecule has 0 fully saturated rings. The molecule has 0 bridgehead atoms. The van der Waals surface area contributed by atoms with Crippen molar-refractivity contribution in [1.29, 1.82) is 0 Å². The van der Waals surface area contributed by atoms with Gasteiger partial charge in [0.15, 0.2) is 0 Å². The van der Waals surface area contributed by atoms with Crippen LogP contribution in [0.4, 0.5) is 0 Å². The fourth-order valence-corrected chi connectivity index (χ4v) is 0.549. The maximum atomic E-state index is 4.24. The van der Waals surface area contributed by atoms with Gasteiger partial charge >= 0.3 is 17.1 Å². The molecule has 0 amide bonds. The fourth-order valence-electron chi connectivity index (χ4n) is 0.549. The molecular weight excluding hydrogens is 186 g/mol. The van der Waals surface area contributed by atoms with E-state index in [0.717, 1.165) is 6.42 Å². The number of nitrogens with zero attached hydrogens (tertiary/aromatic N) is 1. The summed E-state index contributed by atoms with van der Waals surface area (Å²) in [6.07, 6.45) is 6.50. The van der Waals surface area contributed by atoms with Crippen molar-refractivity contribution >= 4 is 6.21 Å². The van der Waals surface area contributed by atoms with Crippen molar-refractivity contribution in [3.8, 4) is 0 Å². The van der Waals surface area contributed by atoms with Gasteiger partial charge in [0.2, 0.25) is 0 Å². The molecule has 0 rings (SSSR count). The third-order valence-corrected chi connectivity index (χ3v) is 1.06. The Balaban J connectivity index is 0. The molecule has 0 aromatic heterocycles. The van der Waals surface area contributed by atoms with E-state index in [9.17, 15) is 0 Å². The number of hydrogen-bond donors (Lipinski definition) is 0. The zero-order valence-electron chi connectivity index (χ0n) is 7.87. The molecule has 0 heterocycles. The molecule has 0 aromatic carbocycles. The van der Waals surface area contributed by atoms with Gasteiger partial charge in [-0.25, -0.2) is 0 Å². The maximum Gasteiger partial charge on any atom is 1.00 e. The molecule has 70 valence electrons. The summed E-state index contributed by atoms with van der Waals surface area (Å²) in [5.74, 6) is 0. The van der Waals surface area contributed by atoms with Gasteiger partial charge in [0, 0.05) is 5.54 Å². The first-order valence-corrected chi connectivity index (χ1v) is 4.01. The monoisotopic (exact) mass is 203 g/mol. The van der Waals surface area contributed by atoms with Crippen molar-refractivity contribution in [2.45, 2.75) is 52.5 Å². The number of aliphatic imine (C=N–C) groups is 1. The van der Waals surface area contributed by atoms with E-state index in [1.54, 1.807) is 0 Å². The summed E-state index contributed by atoms with van der Waals surface area (Å²) in [6.45, 7) is 8.45. The van der Waals surface area contributed by atoms with Crippen molar-refractivity contribution in [2.24, 2.45) is 4.99 Å². The van der Waals surface area contributed by atoms with E-state index < -0.39 is 0 Å². The van der Waals surface area contributed by atoms with Crippen LogP contribution in [-0.4, -0.2) is 11.8 Å². The molecule has 0 atom stereocenters.